The molecule has 0 spiro atoms. The van der Waals surface area contributed by atoms with Gasteiger partial charge >= 0.3 is 5.97 Å². The van der Waals surface area contributed by atoms with Crippen LogP contribution in [0.4, 0.5) is 5.69 Å². The van der Waals surface area contributed by atoms with E-state index in [1.165, 1.54) is 5.56 Å². The maximum absolute atomic E-state index is 11.5. The molecule has 0 amide bonds. The monoisotopic (exact) mass is 281 g/mol. The Morgan fingerprint density at radius 1 is 1.10 bits per heavy atom. The summed E-state index contributed by atoms with van der Waals surface area (Å²) >= 11 is 0. The number of nitrogens with one attached hydrogen (secondary N) is 1. The van der Waals surface area contributed by atoms with Crippen LogP contribution in [0.25, 0.3) is 0 Å². The highest BCUT2D eigenvalue weighted by atomic mass is 16.6. The first kappa shape index (κ1) is 16.5. The molecule has 1 rings (SSSR count). The van der Waals surface area contributed by atoms with Gasteiger partial charge in [-0.05, 0) is 25.5 Å². The molecule has 1 aromatic carbocycles. The first-order valence-corrected chi connectivity index (χ1v) is 6.75. The average molecular weight is 281 g/mol. The average Bonchev–Trinajstić information content (AvgIpc) is 2.46. The Hall–Kier alpha value is -1.59. The van der Waals surface area contributed by atoms with Crippen molar-refractivity contribution in [3.05, 3.63) is 29.8 Å². The SMILES string of the molecule is COCCCOCCOC(=O)CNc1ccc(C)cc1. The predicted molar refractivity (Wildman–Crippen MR) is 77.9 cm³/mol. The molecule has 1 N–H and O–H groups in total. The number of carbonyl (C=O) groups excluding carboxylic acids is 1. The van der Waals surface area contributed by atoms with Crippen molar-refractivity contribution in [2.24, 2.45) is 0 Å². The minimum atomic E-state index is -0.286. The lowest BCUT2D eigenvalue weighted by atomic mass is 10.2. The zero-order valence-electron chi connectivity index (χ0n) is 12.2. The normalized spacial score (nSPS) is 10.3. The summed E-state index contributed by atoms with van der Waals surface area (Å²) in [6.45, 7) is 4.17. The van der Waals surface area contributed by atoms with E-state index in [-0.39, 0.29) is 19.1 Å². The number of hydrogen-bond acceptors (Lipinski definition) is 5. The van der Waals surface area contributed by atoms with Crippen molar-refractivity contribution in [2.75, 3.05) is 45.4 Å². The fraction of sp³-hybridized carbons (Fsp3) is 0.533. The lowest BCUT2D eigenvalue weighted by Crippen LogP contribution is -2.19. The summed E-state index contributed by atoms with van der Waals surface area (Å²) in [5.74, 6) is -0.286. The third-order valence-corrected chi connectivity index (χ3v) is 2.62. The second-order valence-corrected chi connectivity index (χ2v) is 4.40. The van der Waals surface area contributed by atoms with Gasteiger partial charge in [0.05, 0.1) is 6.61 Å². The fourth-order valence-electron chi connectivity index (χ4n) is 1.52. The standard InChI is InChI=1S/C15H23NO4/c1-13-4-6-14(7-5-13)16-12-15(17)20-11-10-19-9-3-8-18-2/h4-7,16H,3,8-12H2,1-2H3. The first-order chi connectivity index (χ1) is 9.72. The van der Waals surface area contributed by atoms with Crippen LogP contribution in [0.1, 0.15) is 12.0 Å². The van der Waals surface area contributed by atoms with E-state index in [1.54, 1.807) is 7.11 Å². The molecule has 0 saturated carbocycles. The number of hydrogen-bond donors (Lipinski definition) is 1. The molecule has 20 heavy (non-hydrogen) atoms. The van der Waals surface area contributed by atoms with Crippen LogP contribution in [0.2, 0.25) is 0 Å². The molecule has 0 aliphatic rings. The van der Waals surface area contributed by atoms with Crippen LogP contribution in [-0.2, 0) is 19.0 Å². The highest BCUT2D eigenvalue weighted by molar-refractivity contribution is 5.74. The van der Waals surface area contributed by atoms with Crippen LogP contribution in [0.3, 0.4) is 0 Å². The van der Waals surface area contributed by atoms with Crippen molar-refractivity contribution in [3.63, 3.8) is 0 Å². The van der Waals surface area contributed by atoms with E-state index in [9.17, 15) is 4.79 Å². The maximum Gasteiger partial charge on any atom is 0.325 e. The Morgan fingerprint density at radius 2 is 1.85 bits per heavy atom. The van der Waals surface area contributed by atoms with E-state index in [4.69, 9.17) is 14.2 Å². The van der Waals surface area contributed by atoms with Gasteiger partial charge in [-0.25, -0.2) is 0 Å². The van der Waals surface area contributed by atoms with E-state index in [2.05, 4.69) is 5.32 Å². The largest absolute Gasteiger partial charge is 0.462 e. The minimum Gasteiger partial charge on any atom is -0.462 e. The van der Waals surface area contributed by atoms with Crippen LogP contribution >= 0.6 is 0 Å². The maximum atomic E-state index is 11.5. The number of ether oxygens (including phenoxy) is 3. The quantitative estimate of drug-likeness (QED) is 0.525. The van der Waals surface area contributed by atoms with Crippen molar-refractivity contribution < 1.29 is 19.0 Å². The molecule has 0 heterocycles. The number of esters is 1. The number of anilines is 1. The van der Waals surface area contributed by atoms with E-state index in [0.29, 0.717) is 19.8 Å². The number of methoxy groups -OCH3 is 1. The Labute approximate surface area is 120 Å². The molecule has 0 saturated heterocycles. The van der Waals surface area contributed by atoms with Crippen LogP contribution in [0.15, 0.2) is 24.3 Å². The molecule has 112 valence electrons. The van der Waals surface area contributed by atoms with Gasteiger partial charge < -0.3 is 19.5 Å². The Bertz CT molecular complexity index is 378. The molecule has 0 aromatic heterocycles. The molecule has 0 bridgehead atoms. The molecule has 1 aromatic rings. The summed E-state index contributed by atoms with van der Waals surface area (Å²) in [5, 5.41) is 3.01. The summed E-state index contributed by atoms with van der Waals surface area (Å²) in [7, 11) is 1.66. The summed E-state index contributed by atoms with van der Waals surface area (Å²) in [6, 6.07) is 7.84. The van der Waals surface area contributed by atoms with Gasteiger partial charge in [-0.2, -0.15) is 0 Å². The fourth-order valence-corrected chi connectivity index (χ4v) is 1.52. The van der Waals surface area contributed by atoms with Crippen molar-refractivity contribution in [1.29, 1.82) is 0 Å². The molecule has 5 heteroatoms. The third kappa shape index (κ3) is 7.76. The second kappa shape index (κ2) is 10.2. The molecule has 0 atom stereocenters. The zero-order chi connectivity index (χ0) is 14.6. The summed E-state index contributed by atoms with van der Waals surface area (Å²) in [5.41, 5.74) is 2.09. The van der Waals surface area contributed by atoms with Crippen LogP contribution in [-0.4, -0.2) is 46.1 Å². The molecule has 0 aliphatic heterocycles. The number of carbonyl (C=O) groups is 1. The van der Waals surface area contributed by atoms with Gasteiger partial charge in [-0.3, -0.25) is 4.79 Å². The van der Waals surface area contributed by atoms with Crippen LogP contribution in [0, 0.1) is 6.92 Å². The molecule has 0 radical (unpaired) electrons. The van der Waals surface area contributed by atoms with Gasteiger partial charge in [0.25, 0.3) is 0 Å². The van der Waals surface area contributed by atoms with Crippen molar-refractivity contribution in [3.8, 4) is 0 Å². The third-order valence-electron chi connectivity index (χ3n) is 2.62. The lowest BCUT2D eigenvalue weighted by Gasteiger charge is -2.08. The van der Waals surface area contributed by atoms with E-state index < -0.39 is 0 Å². The topological polar surface area (TPSA) is 56.8 Å². The molecular formula is C15H23NO4. The molecule has 0 aliphatic carbocycles. The van der Waals surface area contributed by atoms with Gasteiger partial charge in [-0.1, -0.05) is 17.7 Å². The van der Waals surface area contributed by atoms with E-state index in [0.717, 1.165) is 12.1 Å². The molecule has 0 unspecified atom stereocenters. The molecular weight excluding hydrogens is 258 g/mol. The first-order valence-electron chi connectivity index (χ1n) is 6.75. The number of rotatable bonds is 10. The molecule has 5 nitrogen and oxygen atoms in total. The highest BCUT2D eigenvalue weighted by Gasteiger charge is 2.02. The highest BCUT2D eigenvalue weighted by Crippen LogP contribution is 2.07. The zero-order valence-corrected chi connectivity index (χ0v) is 12.2. The van der Waals surface area contributed by atoms with Crippen LogP contribution in [0.5, 0.6) is 0 Å². The van der Waals surface area contributed by atoms with Crippen molar-refractivity contribution in [1.82, 2.24) is 0 Å². The smallest absolute Gasteiger partial charge is 0.325 e. The summed E-state index contributed by atoms with van der Waals surface area (Å²) < 4.78 is 15.2. The number of benzene rings is 1. The Kier molecular flexibility index (Phi) is 8.42. The van der Waals surface area contributed by atoms with E-state index in [1.807, 2.05) is 31.2 Å². The summed E-state index contributed by atoms with van der Waals surface area (Å²) in [4.78, 5) is 11.5. The van der Waals surface area contributed by atoms with Gasteiger partial charge in [0.2, 0.25) is 0 Å². The minimum absolute atomic E-state index is 0.159. The number of aryl methyl sites for hydroxylation is 1. The van der Waals surface area contributed by atoms with Crippen molar-refractivity contribution >= 4 is 11.7 Å². The van der Waals surface area contributed by atoms with Gasteiger partial charge in [0.1, 0.15) is 13.2 Å². The van der Waals surface area contributed by atoms with Crippen LogP contribution < -0.4 is 5.32 Å². The van der Waals surface area contributed by atoms with Gasteiger partial charge in [0, 0.05) is 26.0 Å². The van der Waals surface area contributed by atoms with Gasteiger partial charge in [0.15, 0.2) is 0 Å². The summed E-state index contributed by atoms with van der Waals surface area (Å²) in [6.07, 6.45) is 0.847. The Morgan fingerprint density at radius 3 is 2.55 bits per heavy atom. The molecule has 0 fully saturated rings. The Balaban J connectivity index is 2.01. The predicted octanol–water partition coefficient (Wildman–Crippen LogP) is 2.00. The van der Waals surface area contributed by atoms with E-state index >= 15 is 0 Å². The second-order valence-electron chi connectivity index (χ2n) is 4.40. The lowest BCUT2D eigenvalue weighted by molar-refractivity contribution is -0.143. The van der Waals surface area contributed by atoms with Crippen molar-refractivity contribution in [2.45, 2.75) is 13.3 Å². The van der Waals surface area contributed by atoms with Gasteiger partial charge in [-0.15, -0.1) is 0 Å².